The lowest BCUT2D eigenvalue weighted by Crippen LogP contribution is -2.49. The zero-order valence-electron chi connectivity index (χ0n) is 10.3. The maximum absolute atomic E-state index is 12.3. The minimum absolute atomic E-state index is 0.0898. The van der Waals surface area contributed by atoms with Crippen molar-refractivity contribution in [1.82, 2.24) is 4.90 Å². The van der Waals surface area contributed by atoms with Crippen LogP contribution < -0.4 is 0 Å². The first-order chi connectivity index (χ1) is 8.99. The summed E-state index contributed by atoms with van der Waals surface area (Å²) in [7, 11) is 0. The number of rotatable bonds is 3. The summed E-state index contributed by atoms with van der Waals surface area (Å²) in [5.41, 5.74) is 0. The number of aliphatic carboxylic acids is 1. The molecule has 2 heterocycles. The number of ether oxygens (including phenoxy) is 1. The molecule has 2 unspecified atom stereocenters. The predicted octanol–water partition coefficient (Wildman–Crippen LogP) is 1.82. The van der Waals surface area contributed by atoms with Crippen LogP contribution in [0.5, 0.6) is 0 Å². The van der Waals surface area contributed by atoms with Crippen LogP contribution >= 0.6 is 22.9 Å². The van der Waals surface area contributed by atoms with Gasteiger partial charge in [-0.1, -0.05) is 11.6 Å². The van der Waals surface area contributed by atoms with E-state index in [2.05, 4.69) is 0 Å². The van der Waals surface area contributed by atoms with E-state index in [0.29, 0.717) is 10.9 Å². The highest BCUT2D eigenvalue weighted by Crippen LogP contribution is 2.29. The highest BCUT2D eigenvalue weighted by molar-refractivity contribution is 7.16. The molecule has 1 aliphatic heterocycles. The second-order valence-electron chi connectivity index (χ2n) is 4.35. The molecule has 104 valence electrons. The van der Waals surface area contributed by atoms with Crippen molar-refractivity contribution in [2.75, 3.05) is 19.7 Å². The summed E-state index contributed by atoms with van der Waals surface area (Å²) < 4.78 is 5.74. The minimum Gasteiger partial charge on any atom is -0.479 e. The summed E-state index contributed by atoms with van der Waals surface area (Å²) >= 11 is 7.22. The lowest BCUT2D eigenvalue weighted by molar-refractivity contribution is -0.159. The Hall–Kier alpha value is -1.11. The number of carboxylic acid groups (broad SMARTS) is 1. The first-order valence-electron chi connectivity index (χ1n) is 5.87. The summed E-state index contributed by atoms with van der Waals surface area (Å²) in [6.45, 7) is 2.57. The molecule has 1 fully saturated rings. The van der Waals surface area contributed by atoms with E-state index < -0.39 is 12.1 Å². The SMILES string of the molecule is CC(C(=O)N1CCOC(C(=O)O)C1)c1ccc(Cl)s1. The Morgan fingerprint density at radius 3 is 2.89 bits per heavy atom. The molecule has 0 aliphatic carbocycles. The zero-order chi connectivity index (χ0) is 14.0. The standard InChI is InChI=1S/C12H14ClNO4S/c1-7(9-2-3-10(13)19-9)11(15)14-4-5-18-8(6-14)12(16)17/h2-3,7-8H,4-6H2,1H3,(H,16,17). The molecule has 0 bridgehead atoms. The number of hydrogen-bond donors (Lipinski definition) is 1. The van der Waals surface area contributed by atoms with E-state index in [9.17, 15) is 9.59 Å². The molecule has 1 aromatic heterocycles. The van der Waals surface area contributed by atoms with Gasteiger partial charge in [-0.25, -0.2) is 4.79 Å². The summed E-state index contributed by atoms with van der Waals surface area (Å²) in [4.78, 5) is 25.6. The molecule has 1 N–H and O–H groups in total. The molecule has 1 amide bonds. The second kappa shape index (κ2) is 5.90. The fraction of sp³-hybridized carbons (Fsp3) is 0.500. The van der Waals surface area contributed by atoms with Gasteiger partial charge in [-0.3, -0.25) is 4.79 Å². The van der Waals surface area contributed by atoms with Gasteiger partial charge in [-0.15, -0.1) is 11.3 Å². The van der Waals surface area contributed by atoms with Gasteiger partial charge in [0.25, 0.3) is 0 Å². The summed E-state index contributed by atoms with van der Waals surface area (Å²) in [6.07, 6.45) is -0.933. The molecule has 2 atom stereocenters. The van der Waals surface area contributed by atoms with Crippen molar-refractivity contribution in [3.05, 3.63) is 21.3 Å². The number of thiophene rings is 1. The van der Waals surface area contributed by atoms with Crippen LogP contribution in [0.3, 0.4) is 0 Å². The summed E-state index contributed by atoms with van der Waals surface area (Å²) in [5.74, 6) is -1.44. The van der Waals surface area contributed by atoms with E-state index in [0.717, 1.165) is 4.88 Å². The molecule has 2 rings (SSSR count). The molecule has 1 aromatic rings. The highest BCUT2D eigenvalue weighted by Gasteiger charge is 2.31. The van der Waals surface area contributed by atoms with Crippen molar-refractivity contribution in [2.24, 2.45) is 0 Å². The van der Waals surface area contributed by atoms with Crippen molar-refractivity contribution in [2.45, 2.75) is 18.9 Å². The minimum atomic E-state index is -1.04. The molecule has 0 radical (unpaired) electrons. The van der Waals surface area contributed by atoms with Gasteiger partial charge in [0, 0.05) is 11.4 Å². The van der Waals surface area contributed by atoms with Crippen LogP contribution in [-0.2, 0) is 14.3 Å². The fourth-order valence-corrected chi connectivity index (χ4v) is 3.06. The third-order valence-corrected chi connectivity index (χ3v) is 4.46. The van der Waals surface area contributed by atoms with E-state index in [1.165, 1.54) is 11.3 Å². The quantitative estimate of drug-likeness (QED) is 0.925. The monoisotopic (exact) mass is 303 g/mol. The van der Waals surface area contributed by atoms with Crippen molar-refractivity contribution in [1.29, 1.82) is 0 Å². The van der Waals surface area contributed by atoms with Crippen molar-refractivity contribution in [3.63, 3.8) is 0 Å². The van der Waals surface area contributed by atoms with Crippen molar-refractivity contribution in [3.8, 4) is 0 Å². The maximum atomic E-state index is 12.3. The number of carbonyl (C=O) groups is 2. The predicted molar refractivity (Wildman–Crippen MR) is 71.7 cm³/mol. The van der Waals surface area contributed by atoms with Gasteiger partial charge in [0.1, 0.15) is 0 Å². The Kier molecular flexibility index (Phi) is 4.44. The molecule has 0 spiro atoms. The Morgan fingerprint density at radius 2 is 2.32 bits per heavy atom. The van der Waals surface area contributed by atoms with Gasteiger partial charge >= 0.3 is 5.97 Å². The van der Waals surface area contributed by atoms with Crippen LogP contribution in [0.4, 0.5) is 0 Å². The molecule has 1 aliphatic rings. The average molecular weight is 304 g/mol. The van der Waals surface area contributed by atoms with Gasteiger partial charge < -0.3 is 14.7 Å². The van der Waals surface area contributed by atoms with E-state index in [4.69, 9.17) is 21.4 Å². The fourth-order valence-electron chi connectivity index (χ4n) is 1.96. The van der Waals surface area contributed by atoms with E-state index in [1.54, 1.807) is 17.9 Å². The first kappa shape index (κ1) is 14.3. The highest BCUT2D eigenvalue weighted by atomic mass is 35.5. The molecule has 0 saturated carbocycles. The number of hydrogen-bond acceptors (Lipinski definition) is 4. The first-order valence-corrected chi connectivity index (χ1v) is 7.07. The smallest absolute Gasteiger partial charge is 0.334 e. The molecule has 5 nitrogen and oxygen atoms in total. The van der Waals surface area contributed by atoms with Gasteiger partial charge in [0.15, 0.2) is 6.10 Å². The molecule has 0 aromatic carbocycles. The Balaban J connectivity index is 2.04. The number of nitrogens with zero attached hydrogens (tertiary/aromatic N) is 1. The van der Waals surface area contributed by atoms with Crippen LogP contribution in [0, 0.1) is 0 Å². The van der Waals surface area contributed by atoms with Crippen LogP contribution in [0.15, 0.2) is 12.1 Å². The summed E-state index contributed by atoms with van der Waals surface area (Å²) in [5, 5.41) is 8.92. The number of carbonyl (C=O) groups excluding carboxylic acids is 1. The average Bonchev–Trinajstić information content (AvgIpc) is 2.84. The van der Waals surface area contributed by atoms with Gasteiger partial charge in [-0.05, 0) is 19.1 Å². The lowest BCUT2D eigenvalue weighted by atomic mass is 10.1. The molecule has 1 saturated heterocycles. The van der Waals surface area contributed by atoms with Crippen LogP contribution in [0.2, 0.25) is 4.34 Å². The van der Waals surface area contributed by atoms with E-state index in [-0.39, 0.29) is 25.0 Å². The second-order valence-corrected chi connectivity index (χ2v) is 6.09. The van der Waals surface area contributed by atoms with Gasteiger partial charge in [-0.2, -0.15) is 0 Å². The van der Waals surface area contributed by atoms with Gasteiger partial charge in [0.05, 0.1) is 23.4 Å². The third-order valence-electron chi connectivity index (χ3n) is 3.04. The molecular weight excluding hydrogens is 290 g/mol. The molecule has 7 heteroatoms. The Morgan fingerprint density at radius 1 is 1.58 bits per heavy atom. The third kappa shape index (κ3) is 3.26. The van der Waals surface area contributed by atoms with Crippen molar-refractivity contribution >= 4 is 34.8 Å². The topological polar surface area (TPSA) is 66.8 Å². The van der Waals surface area contributed by atoms with E-state index >= 15 is 0 Å². The number of morpholine rings is 1. The van der Waals surface area contributed by atoms with Crippen LogP contribution in [0.1, 0.15) is 17.7 Å². The van der Waals surface area contributed by atoms with Crippen molar-refractivity contribution < 1.29 is 19.4 Å². The van der Waals surface area contributed by atoms with Crippen LogP contribution in [-0.4, -0.2) is 47.7 Å². The Bertz CT molecular complexity index is 490. The summed E-state index contributed by atoms with van der Waals surface area (Å²) in [6, 6.07) is 3.58. The Labute approximate surface area is 119 Å². The number of amides is 1. The normalized spacial score (nSPS) is 21.2. The maximum Gasteiger partial charge on any atom is 0.334 e. The lowest BCUT2D eigenvalue weighted by Gasteiger charge is -2.32. The zero-order valence-corrected chi connectivity index (χ0v) is 11.9. The number of halogens is 1. The molecule has 19 heavy (non-hydrogen) atoms. The largest absolute Gasteiger partial charge is 0.479 e. The van der Waals surface area contributed by atoms with E-state index in [1.807, 2.05) is 6.07 Å². The van der Waals surface area contributed by atoms with Gasteiger partial charge in [0.2, 0.25) is 5.91 Å². The molecular formula is C12H14ClNO4S. The number of carboxylic acids is 1. The van der Waals surface area contributed by atoms with Crippen LogP contribution in [0.25, 0.3) is 0 Å².